The molecule has 1 N–H and O–H groups in total. The predicted molar refractivity (Wildman–Crippen MR) is 89.6 cm³/mol. The lowest BCUT2D eigenvalue weighted by Gasteiger charge is -2.42. The fraction of sp³-hybridized carbons (Fsp3) is 0.647. The quantitative estimate of drug-likeness (QED) is 0.806. The van der Waals surface area contributed by atoms with Crippen LogP contribution < -0.4 is 5.32 Å². The normalized spacial score (nSPS) is 26.4. The van der Waals surface area contributed by atoms with E-state index in [0.717, 1.165) is 49.2 Å². The summed E-state index contributed by atoms with van der Waals surface area (Å²) in [5, 5.41) is 3.64. The Labute approximate surface area is 137 Å². The van der Waals surface area contributed by atoms with Gasteiger partial charge in [0.05, 0.1) is 5.70 Å². The van der Waals surface area contributed by atoms with Crippen molar-refractivity contribution in [1.29, 1.82) is 0 Å². The lowest BCUT2D eigenvalue weighted by Crippen LogP contribution is -2.59. The van der Waals surface area contributed by atoms with Gasteiger partial charge in [0.25, 0.3) is 0 Å². The number of amides is 1. The number of hydrogen-bond acceptors (Lipinski definition) is 3. The molecular formula is C17H24ClN3O. The first kappa shape index (κ1) is 15.6. The molecule has 22 heavy (non-hydrogen) atoms. The maximum absolute atomic E-state index is 12.5. The number of hydrogen-bond donors (Lipinski definition) is 1. The van der Waals surface area contributed by atoms with E-state index in [0.29, 0.717) is 11.2 Å². The van der Waals surface area contributed by atoms with Crippen molar-refractivity contribution in [3.8, 4) is 0 Å². The zero-order chi connectivity index (χ0) is 15.7. The fourth-order valence-electron chi connectivity index (χ4n) is 3.71. The standard InChI is InChI=1S/C17H24ClN3O/c1-3-11-9-10-13-16(20-15(11)18)21(12-7-5-6-8-12)14(4-2)17(22)19-13/h10,12,14H,3-9H2,1-2H3,(H,19,22)/t14-/m1/s1. The molecule has 3 aliphatic rings. The third-order valence-electron chi connectivity index (χ3n) is 4.96. The van der Waals surface area contributed by atoms with Gasteiger partial charge in [-0.25, -0.2) is 4.99 Å². The number of piperazine rings is 1. The smallest absolute Gasteiger partial charge is 0.247 e. The molecule has 0 aromatic carbocycles. The second-order valence-electron chi connectivity index (χ2n) is 6.26. The number of carbonyl (C=O) groups excluding carboxylic acids is 1. The van der Waals surface area contributed by atoms with Gasteiger partial charge in [-0.05, 0) is 37.7 Å². The van der Waals surface area contributed by atoms with E-state index in [-0.39, 0.29) is 11.9 Å². The van der Waals surface area contributed by atoms with Gasteiger partial charge >= 0.3 is 0 Å². The summed E-state index contributed by atoms with van der Waals surface area (Å²) in [5.74, 6) is 0.961. The minimum Gasteiger partial charge on any atom is -0.340 e. The number of carbonyl (C=O) groups is 1. The first-order chi connectivity index (χ1) is 10.7. The number of aliphatic imine (C=N–C) groups is 1. The minimum absolute atomic E-state index is 0.0932. The van der Waals surface area contributed by atoms with Crippen LogP contribution in [-0.4, -0.2) is 28.7 Å². The van der Waals surface area contributed by atoms with Crippen molar-refractivity contribution in [1.82, 2.24) is 10.2 Å². The number of amidine groups is 1. The molecule has 4 nitrogen and oxygen atoms in total. The molecular weight excluding hydrogens is 298 g/mol. The zero-order valence-corrected chi connectivity index (χ0v) is 14.1. The van der Waals surface area contributed by atoms with Crippen LogP contribution >= 0.6 is 11.6 Å². The lowest BCUT2D eigenvalue weighted by molar-refractivity contribution is -0.125. The van der Waals surface area contributed by atoms with Crippen LogP contribution in [-0.2, 0) is 4.79 Å². The van der Waals surface area contributed by atoms with Crippen molar-refractivity contribution < 1.29 is 4.79 Å². The molecule has 0 unspecified atom stereocenters. The molecule has 0 radical (unpaired) electrons. The summed E-state index contributed by atoms with van der Waals surface area (Å²) in [6, 6.07) is 0.275. The number of fused-ring (bicyclic) bond motifs is 1. The first-order valence-corrected chi connectivity index (χ1v) is 8.79. The van der Waals surface area contributed by atoms with Crippen molar-refractivity contribution in [2.75, 3.05) is 0 Å². The average molecular weight is 322 g/mol. The van der Waals surface area contributed by atoms with Crippen molar-refractivity contribution in [2.45, 2.75) is 70.9 Å². The SMILES string of the molecule is CCC1=C(Cl)N=C2C(=CC1)NC(=O)[C@@H](CC)N2C1CCCC1. The maximum atomic E-state index is 12.5. The monoisotopic (exact) mass is 321 g/mol. The Bertz CT molecular complexity index is 558. The van der Waals surface area contributed by atoms with Crippen LogP contribution in [0.4, 0.5) is 0 Å². The van der Waals surface area contributed by atoms with Gasteiger partial charge < -0.3 is 10.2 Å². The summed E-state index contributed by atoms with van der Waals surface area (Å²) < 4.78 is 0. The van der Waals surface area contributed by atoms with E-state index in [1.54, 1.807) is 0 Å². The summed E-state index contributed by atoms with van der Waals surface area (Å²) in [5.41, 5.74) is 1.97. The highest BCUT2D eigenvalue weighted by molar-refractivity contribution is 6.31. The lowest BCUT2D eigenvalue weighted by atomic mass is 10.0. The van der Waals surface area contributed by atoms with E-state index in [1.807, 2.05) is 0 Å². The molecule has 2 aliphatic heterocycles. The summed E-state index contributed by atoms with van der Waals surface area (Å²) >= 11 is 6.43. The van der Waals surface area contributed by atoms with Gasteiger partial charge in [-0.2, -0.15) is 0 Å². The largest absolute Gasteiger partial charge is 0.340 e. The van der Waals surface area contributed by atoms with Crippen LogP contribution in [0.25, 0.3) is 0 Å². The zero-order valence-electron chi connectivity index (χ0n) is 13.4. The third-order valence-corrected chi connectivity index (χ3v) is 5.31. The van der Waals surface area contributed by atoms with Crippen LogP contribution in [0.1, 0.15) is 58.8 Å². The number of nitrogens with zero attached hydrogens (tertiary/aromatic N) is 2. The van der Waals surface area contributed by atoms with Gasteiger partial charge in [0, 0.05) is 6.04 Å². The summed E-state index contributed by atoms with van der Waals surface area (Å²) in [7, 11) is 0. The molecule has 2 fully saturated rings. The summed E-state index contributed by atoms with van der Waals surface area (Å²) in [4.78, 5) is 19.5. The van der Waals surface area contributed by atoms with Crippen molar-refractivity contribution >= 4 is 23.3 Å². The Kier molecular flexibility index (Phi) is 4.57. The minimum atomic E-state index is -0.133. The van der Waals surface area contributed by atoms with Crippen LogP contribution in [0.5, 0.6) is 0 Å². The molecule has 0 aromatic heterocycles. The number of allylic oxidation sites excluding steroid dienone is 2. The molecule has 3 rings (SSSR count). The Morgan fingerprint density at radius 1 is 1.36 bits per heavy atom. The Hall–Kier alpha value is -1.29. The average Bonchev–Trinajstić information content (AvgIpc) is 2.98. The molecule has 0 bridgehead atoms. The Morgan fingerprint density at radius 3 is 2.73 bits per heavy atom. The maximum Gasteiger partial charge on any atom is 0.247 e. The molecule has 2 heterocycles. The molecule has 5 heteroatoms. The van der Waals surface area contributed by atoms with E-state index in [2.05, 4.69) is 30.1 Å². The van der Waals surface area contributed by atoms with Gasteiger partial charge in [0.2, 0.25) is 5.91 Å². The molecule has 0 spiro atoms. The van der Waals surface area contributed by atoms with Gasteiger partial charge in [-0.3, -0.25) is 4.79 Å². The first-order valence-electron chi connectivity index (χ1n) is 8.41. The Morgan fingerprint density at radius 2 is 2.09 bits per heavy atom. The number of nitrogens with one attached hydrogen (secondary N) is 1. The van der Waals surface area contributed by atoms with Crippen LogP contribution in [0.2, 0.25) is 0 Å². The van der Waals surface area contributed by atoms with Gasteiger partial charge in [-0.15, -0.1) is 0 Å². The summed E-state index contributed by atoms with van der Waals surface area (Å²) in [6.07, 6.45) is 9.23. The summed E-state index contributed by atoms with van der Waals surface area (Å²) in [6.45, 7) is 4.15. The molecule has 1 saturated carbocycles. The second kappa shape index (κ2) is 6.45. The van der Waals surface area contributed by atoms with Crippen molar-refractivity contribution in [3.63, 3.8) is 0 Å². The molecule has 0 aromatic rings. The van der Waals surface area contributed by atoms with E-state index in [4.69, 9.17) is 16.6 Å². The van der Waals surface area contributed by atoms with Gasteiger partial charge in [0.15, 0.2) is 5.84 Å². The molecule has 1 amide bonds. The second-order valence-corrected chi connectivity index (χ2v) is 6.62. The van der Waals surface area contributed by atoms with E-state index in [1.165, 1.54) is 12.8 Å². The number of rotatable bonds is 3. The topological polar surface area (TPSA) is 44.7 Å². The highest BCUT2D eigenvalue weighted by Gasteiger charge is 2.40. The van der Waals surface area contributed by atoms with Crippen LogP contribution in [0.15, 0.2) is 27.5 Å². The molecule has 1 aliphatic carbocycles. The Balaban J connectivity index is 2.04. The molecule has 1 atom stereocenters. The van der Waals surface area contributed by atoms with Gasteiger partial charge in [0.1, 0.15) is 11.2 Å². The van der Waals surface area contributed by atoms with Crippen LogP contribution in [0, 0.1) is 0 Å². The van der Waals surface area contributed by atoms with Crippen LogP contribution in [0.3, 0.4) is 0 Å². The fourth-order valence-corrected chi connectivity index (χ4v) is 4.00. The number of halogens is 1. The van der Waals surface area contributed by atoms with E-state index >= 15 is 0 Å². The van der Waals surface area contributed by atoms with Crippen molar-refractivity contribution in [2.24, 2.45) is 4.99 Å². The molecule has 1 saturated heterocycles. The molecule has 120 valence electrons. The highest BCUT2D eigenvalue weighted by atomic mass is 35.5. The van der Waals surface area contributed by atoms with Gasteiger partial charge in [-0.1, -0.05) is 44.4 Å². The van der Waals surface area contributed by atoms with E-state index in [9.17, 15) is 4.79 Å². The van der Waals surface area contributed by atoms with Crippen molar-refractivity contribution in [3.05, 3.63) is 22.5 Å². The third kappa shape index (κ3) is 2.69. The predicted octanol–water partition coefficient (Wildman–Crippen LogP) is 3.69. The van der Waals surface area contributed by atoms with E-state index < -0.39 is 0 Å². The highest BCUT2D eigenvalue weighted by Crippen LogP contribution is 2.32.